The van der Waals surface area contributed by atoms with E-state index in [1.165, 1.54) is 7.11 Å². The van der Waals surface area contributed by atoms with Gasteiger partial charge in [0.15, 0.2) is 0 Å². The number of H-pyrrole nitrogens is 1. The molecule has 0 radical (unpaired) electrons. The van der Waals surface area contributed by atoms with Gasteiger partial charge in [-0.1, -0.05) is 30.3 Å². The summed E-state index contributed by atoms with van der Waals surface area (Å²) in [6, 6.07) is 10.3. The zero-order valence-electron chi connectivity index (χ0n) is 14.4. The normalized spacial score (nSPS) is 13.2. The van der Waals surface area contributed by atoms with Gasteiger partial charge in [-0.15, -0.1) is 5.10 Å². The molecule has 0 bridgehead atoms. The Morgan fingerprint density at radius 3 is 2.81 bits per heavy atom. The summed E-state index contributed by atoms with van der Waals surface area (Å²) in [5.41, 5.74) is 1.58. The Labute approximate surface area is 152 Å². The molecule has 0 aliphatic heterocycles. The quantitative estimate of drug-likeness (QED) is 0.614. The molecule has 2 heterocycles. The molecule has 1 unspecified atom stereocenters. The van der Waals surface area contributed by atoms with Crippen molar-refractivity contribution >= 4 is 33.6 Å². The third kappa shape index (κ3) is 4.17. The molecular weight excluding hydrogens is 354 g/mol. The Hall–Kier alpha value is -2.94. The number of methoxy groups -OCH3 is 1. The molecule has 0 saturated carbocycles. The van der Waals surface area contributed by atoms with Crippen LogP contribution in [-0.4, -0.2) is 44.5 Å². The zero-order chi connectivity index (χ0) is 18.5. The smallest absolute Gasteiger partial charge is 0.320 e. The molecule has 0 spiro atoms. The van der Waals surface area contributed by atoms with Crippen LogP contribution in [0.2, 0.25) is 0 Å². The van der Waals surface area contributed by atoms with E-state index in [0.29, 0.717) is 23.0 Å². The number of rotatable bonds is 6. The van der Waals surface area contributed by atoms with E-state index in [2.05, 4.69) is 25.8 Å². The number of pyridine rings is 1. The van der Waals surface area contributed by atoms with Gasteiger partial charge in [0.2, 0.25) is 5.88 Å². The Bertz CT molecular complexity index is 929. The topological polar surface area (TPSA) is 109 Å². The number of hydrogen-bond donors (Lipinski definition) is 3. The average Bonchev–Trinajstić information content (AvgIpc) is 3.03. The first-order valence-corrected chi connectivity index (χ1v) is 9.60. The van der Waals surface area contributed by atoms with Crippen LogP contribution in [0.1, 0.15) is 11.6 Å². The molecule has 2 amide bonds. The van der Waals surface area contributed by atoms with Gasteiger partial charge in [-0.3, -0.25) is 14.6 Å². The number of nitrogens with zero attached hydrogens (tertiary/aromatic N) is 2. The highest BCUT2D eigenvalue weighted by molar-refractivity contribution is 7.84. The number of urea groups is 1. The fraction of sp³-hybridized carbons (Fsp3) is 0.235. The molecule has 3 N–H and O–H groups in total. The fourth-order valence-electron chi connectivity index (χ4n) is 2.57. The Morgan fingerprint density at radius 2 is 2.12 bits per heavy atom. The summed E-state index contributed by atoms with van der Waals surface area (Å²) in [5.74, 6) is 1.13. The highest BCUT2D eigenvalue weighted by atomic mass is 32.2. The van der Waals surface area contributed by atoms with Gasteiger partial charge in [-0.05, 0) is 5.56 Å². The predicted octanol–water partition coefficient (Wildman–Crippen LogP) is 2.21. The molecule has 0 fully saturated rings. The number of aromatic amines is 1. The zero-order valence-corrected chi connectivity index (χ0v) is 15.2. The standard InChI is InChI=1S/C17H19N5O3S/c1-25-16-12-9-18-15(8-13(12)21-22-16)20-17(23)19-14(10-26(2)24)11-6-4-3-5-7-11/h3-9,14H,10H2,1-2H3,(H,21,22)(H2,18,19,20,23)/t14-,26?/m1/s1. The van der Waals surface area contributed by atoms with Gasteiger partial charge in [-0.2, -0.15) is 0 Å². The first kappa shape index (κ1) is 17.9. The van der Waals surface area contributed by atoms with Crippen molar-refractivity contribution < 1.29 is 13.7 Å². The van der Waals surface area contributed by atoms with Crippen LogP contribution in [0, 0.1) is 0 Å². The number of anilines is 1. The first-order chi connectivity index (χ1) is 12.6. The van der Waals surface area contributed by atoms with E-state index < -0.39 is 16.8 Å². The maximum atomic E-state index is 12.4. The lowest BCUT2D eigenvalue weighted by molar-refractivity contribution is 0.249. The maximum absolute atomic E-state index is 12.4. The summed E-state index contributed by atoms with van der Waals surface area (Å²) in [6.07, 6.45) is 3.18. The van der Waals surface area contributed by atoms with Crippen molar-refractivity contribution in [3.05, 3.63) is 48.2 Å². The van der Waals surface area contributed by atoms with Gasteiger partial charge in [0.25, 0.3) is 0 Å². The number of ether oxygens (including phenoxy) is 1. The molecule has 9 heteroatoms. The van der Waals surface area contributed by atoms with Crippen LogP contribution in [0.3, 0.4) is 0 Å². The largest absolute Gasteiger partial charge is 0.479 e. The fourth-order valence-corrected chi connectivity index (χ4v) is 3.31. The van der Waals surface area contributed by atoms with Crippen LogP contribution < -0.4 is 15.4 Å². The molecule has 0 aliphatic rings. The van der Waals surface area contributed by atoms with E-state index in [-0.39, 0.29) is 6.04 Å². The molecular formula is C17H19N5O3S. The molecule has 0 aliphatic carbocycles. The van der Waals surface area contributed by atoms with E-state index >= 15 is 0 Å². The maximum Gasteiger partial charge on any atom is 0.320 e. The van der Waals surface area contributed by atoms with Crippen LogP contribution in [0.15, 0.2) is 42.6 Å². The minimum atomic E-state index is -1.06. The number of aromatic nitrogens is 3. The number of amides is 2. The number of carbonyl (C=O) groups excluding carboxylic acids is 1. The van der Waals surface area contributed by atoms with Gasteiger partial charge in [0.1, 0.15) is 5.82 Å². The predicted molar refractivity (Wildman–Crippen MR) is 101 cm³/mol. The van der Waals surface area contributed by atoms with E-state index in [0.717, 1.165) is 10.9 Å². The van der Waals surface area contributed by atoms with Crippen LogP contribution in [0.5, 0.6) is 5.88 Å². The summed E-state index contributed by atoms with van der Waals surface area (Å²) < 4.78 is 16.8. The summed E-state index contributed by atoms with van der Waals surface area (Å²) >= 11 is 0. The highest BCUT2D eigenvalue weighted by Crippen LogP contribution is 2.23. The number of fused-ring (bicyclic) bond motifs is 1. The van der Waals surface area contributed by atoms with E-state index in [1.807, 2.05) is 30.3 Å². The molecule has 1 aromatic carbocycles. The lowest BCUT2D eigenvalue weighted by atomic mass is 10.1. The number of carbonyl (C=O) groups is 1. The Kier molecular flexibility index (Phi) is 5.47. The summed E-state index contributed by atoms with van der Waals surface area (Å²) in [7, 11) is 0.463. The third-order valence-electron chi connectivity index (χ3n) is 3.76. The Balaban J connectivity index is 1.73. The molecule has 8 nitrogen and oxygen atoms in total. The lowest BCUT2D eigenvalue weighted by Crippen LogP contribution is -2.35. The highest BCUT2D eigenvalue weighted by Gasteiger charge is 2.17. The number of hydrogen-bond acceptors (Lipinski definition) is 5. The van der Waals surface area contributed by atoms with Crippen molar-refractivity contribution in [1.82, 2.24) is 20.5 Å². The van der Waals surface area contributed by atoms with Gasteiger partial charge < -0.3 is 10.1 Å². The van der Waals surface area contributed by atoms with Gasteiger partial charge in [0, 0.05) is 35.1 Å². The Morgan fingerprint density at radius 1 is 1.35 bits per heavy atom. The summed E-state index contributed by atoms with van der Waals surface area (Å²) in [5, 5.41) is 13.1. The molecule has 3 aromatic rings. The molecule has 2 aromatic heterocycles. The van der Waals surface area contributed by atoms with Crippen molar-refractivity contribution in [3.8, 4) is 5.88 Å². The van der Waals surface area contributed by atoms with Crippen LogP contribution in [0.25, 0.3) is 10.9 Å². The van der Waals surface area contributed by atoms with Crippen molar-refractivity contribution in [3.63, 3.8) is 0 Å². The SMILES string of the molecule is COc1n[nH]c2cc(NC(=O)N[C@H](CS(C)=O)c3ccccc3)ncc12. The second-order valence-corrected chi connectivity index (χ2v) is 7.13. The second-order valence-electron chi connectivity index (χ2n) is 5.65. The van der Waals surface area contributed by atoms with Crippen molar-refractivity contribution in [2.24, 2.45) is 0 Å². The number of nitrogens with one attached hydrogen (secondary N) is 3. The van der Waals surface area contributed by atoms with Crippen LogP contribution in [0.4, 0.5) is 10.6 Å². The summed E-state index contributed by atoms with van der Waals surface area (Å²) in [4.78, 5) is 16.6. The van der Waals surface area contributed by atoms with E-state index in [9.17, 15) is 9.00 Å². The molecule has 0 saturated heterocycles. The van der Waals surface area contributed by atoms with E-state index in [1.54, 1.807) is 18.5 Å². The van der Waals surface area contributed by atoms with Crippen molar-refractivity contribution in [2.75, 3.05) is 24.4 Å². The third-order valence-corrected chi connectivity index (χ3v) is 4.56. The number of benzene rings is 1. The lowest BCUT2D eigenvalue weighted by Gasteiger charge is -2.18. The summed E-state index contributed by atoms with van der Waals surface area (Å²) in [6.45, 7) is 0. The minimum absolute atomic E-state index is 0.321. The first-order valence-electron chi connectivity index (χ1n) is 7.87. The molecule has 136 valence electrons. The monoisotopic (exact) mass is 373 g/mol. The van der Waals surface area contributed by atoms with Gasteiger partial charge in [0.05, 0.1) is 24.1 Å². The minimum Gasteiger partial charge on any atom is -0.479 e. The van der Waals surface area contributed by atoms with Gasteiger partial charge >= 0.3 is 6.03 Å². The van der Waals surface area contributed by atoms with E-state index in [4.69, 9.17) is 4.74 Å². The second kappa shape index (κ2) is 7.96. The van der Waals surface area contributed by atoms with Crippen molar-refractivity contribution in [2.45, 2.75) is 6.04 Å². The molecule has 3 rings (SSSR count). The van der Waals surface area contributed by atoms with Crippen LogP contribution in [-0.2, 0) is 10.8 Å². The van der Waals surface area contributed by atoms with Crippen LogP contribution >= 0.6 is 0 Å². The average molecular weight is 373 g/mol. The van der Waals surface area contributed by atoms with Gasteiger partial charge in [-0.25, -0.2) is 9.78 Å². The molecule has 2 atom stereocenters. The van der Waals surface area contributed by atoms with Crippen molar-refractivity contribution in [1.29, 1.82) is 0 Å². The molecule has 26 heavy (non-hydrogen) atoms.